The average Bonchev–Trinajstić information content (AvgIpc) is 3.01. The minimum Gasteiger partial charge on any atom is -0.306 e. The van der Waals surface area contributed by atoms with Crippen molar-refractivity contribution in [2.75, 3.05) is 0 Å². The van der Waals surface area contributed by atoms with E-state index < -0.39 is 0 Å². The molecule has 0 aliphatic rings. The zero-order chi connectivity index (χ0) is 17.1. The van der Waals surface area contributed by atoms with Crippen LogP contribution in [0, 0.1) is 0 Å². The minimum absolute atomic E-state index is 0.541. The minimum atomic E-state index is 0.541. The Bertz CT molecular complexity index is 864. The van der Waals surface area contributed by atoms with Crippen LogP contribution in [0.5, 0.6) is 0 Å². The first-order valence-electron chi connectivity index (χ1n) is 7.08. The number of nitrogens with zero attached hydrogens (tertiary/aromatic N) is 1. The summed E-state index contributed by atoms with van der Waals surface area (Å²) in [6.45, 7) is 1.28. The van der Waals surface area contributed by atoms with Gasteiger partial charge in [0, 0.05) is 34.9 Å². The van der Waals surface area contributed by atoms with Gasteiger partial charge in [-0.25, -0.2) is 4.98 Å². The Morgan fingerprint density at radius 3 is 2.58 bits per heavy atom. The Morgan fingerprint density at radius 2 is 1.79 bits per heavy atom. The predicted molar refractivity (Wildman–Crippen MR) is 105 cm³/mol. The van der Waals surface area contributed by atoms with Crippen molar-refractivity contribution < 1.29 is 0 Å². The lowest BCUT2D eigenvalue weighted by Gasteiger charge is -2.05. The third kappa shape index (κ3) is 4.23. The average molecular weight is 418 g/mol. The van der Waals surface area contributed by atoms with E-state index >= 15 is 0 Å². The smallest absolute Gasteiger partial charge is 0.107 e. The predicted octanol–water partition coefficient (Wildman–Crippen LogP) is 6.71. The number of hydrogen-bond acceptors (Lipinski definition) is 3. The fourth-order valence-electron chi connectivity index (χ4n) is 2.18. The van der Waals surface area contributed by atoms with Gasteiger partial charge in [-0.1, -0.05) is 64.6 Å². The highest BCUT2D eigenvalue weighted by atomic mass is 35.5. The van der Waals surface area contributed by atoms with Crippen LogP contribution in [0.3, 0.4) is 0 Å². The van der Waals surface area contributed by atoms with Crippen LogP contribution in [0.25, 0.3) is 10.4 Å². The topological polar surface area (TPSA) is 24.9 Å². The zero-order valence-corrected chi connectivity index (χ0v) is 16.2. The molecule has 2 aromatic carbocycles. The first-order valence-corrected chi connectivity index (χ1v) is 9.41. The van der Waals surface area contributed by atoms with E-state index in [1.165, 1.54) is 0 Å². The number of nitrogens with one attached hydrogen (secondary N) is 1. The Morgan fingerprint density at radius 1 is 0.958 bits per heavy atom. The summed E-state index contributed by atoms with van der Waals surface area (Å²) in [6, 6.07) is 11.1. The number of aromatic nitrogens is 1. The molecule has 0 aliphatic carbocycles. The molecular formula is C17H12Cl4N2S. The molecule has 0 aliphatic heterocycles. The SMILES string of the molecule is Clc1ccc(CNCc2ncc(-c3cccc(Cl)c3Cl)s2)c(Cl)c1. The van der Waals surface area contributed by atoms with Crippen LogP contribution in [0.1, 0.15) is 10.6 Å². The van der Waals surface area contributed by atoms with Gasteiger partial charge in [0.05, 0.1) is 14.9 Å². The summed E-state index contributed by atoms with van der Waals surface area (Å²) >= 11 is 26.0. The number of halogens is 4. The van der Waals surface area contributed by atoms with Crippen molar-refractivity contribution in [3.05, 3.63) is 73.3 Å². The molecular weight excluding hydrogens is 406 g/mol. The van der Waals surface area contributed by atoms with Gasteiger partial charge in [0.25, 0.3) is 0 Å². The van der Waals surface area contributed by atoms with Gasteiger partial charge in [-0.3, -0.25) is 0 Å². The molecule has 3 rings (SSSR count). The fraction of sp³-hybridized carbons (Fsp3) is 0.118. The summed E-state index contributed by atoms with van der Waals surface area (Å²) in [5.74, 6) is 0. The van der Waals surface area contributed by atoms with E-state index in [4.69, 9.17) is 46.4 Å². The van der Waals surface area contributed by atoms with E-state index in [9.17, 15) is 0 Å². The normalized spacial score (nSPS) is 11.0. The maximum absolute atomic E-state index is 6.26. The summed E-state index contributed by atoms with van der Waals surface area (Å²) in [6.07, 6.45) is 1.81. The number of rotatable bonds is 5. The first-order chi connectivity index (χ1) is 11.5. The van der Waals surface area contributed by atoms with Crippen LogP contribution >= 0.6 is 57.7 Å². The highest BCUT2D eigenvalue weighted by Crippen LogP contribution is 2.36. The fourth-order valence-corrected chi connectivity index (χ4v) is 4.03. The molecule has 1 heterocycles. The van der Waals surface area contributed by atoms with Gasteiger partial charge < -0.3 is 5.32 Å². The highest BCUT2D eigenvalue weighted by Gasteiger charge is 2.10. The first kappa shape index (κ1) is 18.0. The lowest BCUT2D eigenvalue weighted by Crippen LogP contribution is -2.12. The Hall–Kier alpha value is -0.810. The van der Waals surface area contributed by atoms with Gasteiger partial charge in [-0.05, 0) is 23.8 Å². The molecule has 24 heavy (non-hydrogen) atoms. The third-order valence-corrected chi connectivity index (χ3v) is 5.81. The molecule has 1 N–H and O–H groups in total. The van der Waals surface area contributed by atoms with Crippen molar-refractivity contribution in [2.45, 2.75) is 13.1 Å². The molecule has 1 aromatic heterocycles. The van der Waals surface area contributed by atoms with Crippen molar-refractivity contribution in [3.8, 4) is 10.4 Å². The Kier molecular flexibility index (Phi) is 6.03. The molecule has 0 spiro atoms. The number of thiazole rings is 1. The standard InChI is InChI=1S/C17H12Cl4N2S/c18-11-5-4-10(14(20)6-11)7-22-9-16-23-8-15(24-16)12-2-1-3-13(19)17(12)21/h1-6,8,22H,7,9H2. The molecule has 2 nitrogen and oxygen atoms in total. The Balaban J connectivity index is 1.65. The lowest BCUT2D eigenvalue weighted by molar-refractivity contribution is 0.690. The van der Waals surface area contributed by atoms with Crippen LogP contribution in [-0.2, 0) is 13.1 Å². The summed E-state index contributed by atoms with van der Waals surface area (Å²) in [4.78, 5) is 5.42. The van der Waals surface area contributed by atoms with Gasteiger partial charge in [0.1, 0.15) is 5.01 Å². The molecule has 0 bridgehead atoms. The second kappa shape index (κ2) is 8.05. The molecule has 0 unspecified atom stereocenters. The van der Waals surface area contributed by atoms with Crippen molar-refractivity contribution in [3.63, 3.8) is 0 Å². The third-order valence-electron chi connectivity index (χ3n) is 3.38. The largest absolute Gasteiger partial charge is 0.306 e. The summed E-state index contributed by atoms with van der Waals surface area (Å²) in [7, 11) is 0. The second-order valence-corrected chi connectivity index (χ2v) is 7.80. The maximum atomic E-state index is 6.26. The van der Waals surface area contributed by atoms with E-state index in [1.807, 2.05) is 30.5 Å². The van der Waals surface area contributed by atoms with E-state index in [1.54, 1.807) is 23.5 Å². The molecule has 0 radical (unpaired) electrons. The highest BCUT2D eigenvalue weighted by molar-refractivity contribution is 7.15. The van der Waals surface area contributed by atoms with E-state index in [0.29, 0.717) is 33.2 Å². The molecule has 7 heteroatoms. The van der Waals surface area contributed by atoms with E-state index in [0.717, 1.165) is 21.0 Å². The van der Waals surface area contributed by atoms with E-state index in [2.05, 4.69) is 10.3 Å². The Labute approximate surface area is 164 Å². The van der Waals surface area contributed by atoms with Crippen LogP contribution in [0.15, 0.2) is 42.6 Å². The van der Waals surface area contributed by atoms with Crippen molar-refractivity contribution >= 4 is 57.7 Å². The lowest BCUT2D eigenvalue weighted by atomic mass is 10.2. The van der Waals surface area contributed by atoms with Gasteiger partial charge >= 0.3 is 0 Å². The zero-order valence-electron chi connectivity index (χ0n) is 12.3. The van der Waals surface area contributed by atoms with Gasteiger partial charge in [-0.15, -0.1) is 11.3 Å². The van der Waals surface area contributed by atoms with Gasteiger partial charge in [0.15, 0.2) is 0 Å². The number of hydrogen-bond donors (Lipinski definition) is 1. The molecule has 0 fully saturated rings. The second-order valence-electron chi connectivity index (χ2n) is 5.06. The van der Waals surface area contributed by atoms with E-state index in [-0.39, 0.29) is 0 Å². The van der Waals surface area contributed by atoms with Crippen molar-refractivity contribution in [2.24, 2.45) is 0 Å². The molecule has 3 aromatic rings. The quantitative estimate of drug-likeness (QED) is 0.498. The molecule has 124 valence electrons. The van der Waals surface area contributed by atoms with Gasteiger partial charge in [0.2, 0.25) is 0 Å². The number of benzene rings is 2. The maximum Gasteiger partial charge on any atom is 0.107 e. The van der Waals surface area contributed by atoms with Crippen LogP contribution < -0.4 is 5.32 Å². The van der Waals surface area contributed by atoms with Crippen molar-refractivity contribution in [1.29, 1.82) is 0 Å². The van der Waals surface area contributed by atoms with Gasteiger partial charge in [-0.2, -0.15) is 0 Å². The molecule has 0 saturated carbocycles. The summed E-state index contributed by atoms with van der Waals surface area (Å²) in [5.41, 5.74) is 1.89. The monoisotopic (exact) mass is 416 g/mol. The van der Waals surface area contributed by atoms with Crippen LogP contribution in [0.4, 0.5) is 0 Å². The molecule has 0 atom stereocenters. The summed E-state index contributed by atoms with van der Waals surface area (Å²) in [5, 5.41) is 6.67. The molecule has 0 amide bonds. The van der Waals surface area contributed by atoms with Crippen molar-refractivity contribution in [1.82, 2.24) is 10.3 Å². The van der Waals surface area contributed by atoms with Crippen LogP contribution in [-0.4, -0.2) is 4.98 Å². The molecule has 0 saturated heterocycles. The summed E-state index contributed by atoms with van der Waals surface area (Å²) < 4.78 is 0. The van der Waals surface area contributed by atoms with Crippen LogP contribution in [0.2, 0.25) is 20.1 Å².